The molecule has 0 radical (unpaired) electrons. The molecule has 0 aromatic rings. The van der Waals surface area contributed by atoms with Gasteiger partial charge in [0.25, 0.3) is 0 Å². The Labute approximate surface area is 105 Å². The maximum absolute atomic E-state index is 11.6. The van der Waals surface area contributed by atoms with Gasteiger partial charge in [-0.3, -0.25) is 9.00 Å². The average Bonchev–Trinajstić information content (AvgIpc) is 2.36. The van der Waals surface area contributed by atoms with Crippen LogP contribution < -0.4 is 5.32 Å². The smallest absolute Gasteiger partial charge is 0.325 e. The topological polar surface area (TPSA) is 58.6 Å². The predicted molar refractivity (Wildman–Crippen MR) is 68.4 cm³/mol. The molecular weight excluding hydrogens is 240 g/mol. The number of likely N-dealkylation sites (N-methyl/N-ethyl adjacent to an activating group) is 1. The number of carbonyl (C=O) groups is 1. The summed E-state index contributed by atoms with van der Waals surface area (Å²) >= 11 is 0. The van der Waals surface area contributed by atoms with Crippen LogP contribution in [0.4, 0.5) is 0 Å². The molecule has 0 bridgehead atoms. The van der Waals surface area contributed by atoms with E-state index in [1.165, 1.54) is 7.11 Å². The Kier molecular flexibility index (Phi) is 5.55. The number of nitrogens with one attached hydrogen (secondary N) is 1. The molecule has 17 heavy (non-hydrogen) atoms. The fourth-order valence-electron chi connectivity index (χ4n) is 1.84. The van der Waals surface area contributed by atoms with Crippen molar-refractivity contribution in [2.24, 2.45) is 0 Å². The van der Waals surface area contributed by atoms with Crippen molar-refractivity contribution in [1.29, 1.82) is 0 Å². The molecule has 6 heteroatoms. The number of methoxy groups -OCH3 is 1. The number of nitrogens with zero attached hydrogens (tertiary/aromatic N) is 1. The number of hydrogen-bond donors (Lipinski definition) is 1. The summed E-state index contributed by atoms with van der Waals surface area (Å²) in [6.45, 7) is 4.38. The Hall–Kier alpha value is -0.460. The minimum atomic E-state index is -0.647. The van der Waals surface area contributed by atoms with Crippen molar-refractivity contribution in [1.82, 2.24) is 10.2 Å². The SMILES string of the molecule is CNC(C)(CCN1CCS(=O)CC1)C(=O)OC. The second-order valence-corrected chi connectivity index (χ2v) is 6.21. The minimum absolute atomic E-state index is 0.236. The molecule has 1 fully saturated rings. The first kappa shape index (κ1) is 14.6. The van der Waals surface area contributed by atoms with Crippen LogP contribution in [-0.4, -0.2) is 65.9 Å². The number of ether oxygens (including phenoxy) is 1. The third-order valence-electron chi connectivity index (χ3n) is 3.39. The Morgan fingerprint density at radius 1 is 1.47 bits per heavy atom. The second kappa shape index (κ2) is 6.47. The standard InChI is InChI=1S/C11H22N2O3S/c1-11(12-2,10(14)16-3)4-5-13-6-8-17(15)9-7-13/h12H,4-9H2,1-3H3. The van der Waals surface area contributed by atoms with Gasteiger partial charge in [-0.15, -0.1) is 0 Å². The van der Waals surface area contributed by atoms with E-state index in [0.29, 0.717) is 6.42 Å². The highest BCUT2D eigenvalue weighted by Crippen LogP contribution is 2.13. The van der Waals surface area contributed by atoms with E-state index in [1.807, 2.05) is 6.92 Å². The molecule has 0 aromatic carbocycles. The lowest BCUT2D eigenvalue weighted by Gasteiger charge is -2.31. The molecule has 1 saturated heterocycles. The number of carbonyl (C=O) groups excluding carboxylic acids is 1. The summed E-state index contributed by atoms with van der Waals surface area (Å²) in [4.78, 5) is 13.9. The summed E-state index contributed by atoms with van der Waals surface area (Å²) in [5.74, 6) is 1.25. The molecule has 0 amide bonds. The van der Waals surface area contributed by atoms with E-state index in [9.17, 15) is 9.00 Å². The monoisotopic (exact) mass is 262 g/mol. The van der Waals surface area contributed by atoms with E-state index in [-0.39, 0.29) is 5.97 Å². The highest BCUT2D eigenvalue weighted by atomic mass is 32.2. The van der Waals surface area contributed by atoms with Gasteiger partial charge in [-0.25, -0.2) is 0 Å². The molecular formula is C11H22N2O3S. The van der Waals surface area contributed by atoms with Crippen LogP contribution in [0.15, 0.2) is 0 Å². The zero-order valence-corrected chi connectivity index (χ0v) is 11.6. The van der Waals surface area contributed by atoms with Crippen LogP contribution in [0.5, 0.6) is 0 Å². The van der Waals surface area contributed by atoms with Gasteiger partial charge < -0.3 is 15.0 Å². The summed E-state index contributed by atoms with van der Waals surface area (Å²) in [5, 5.41) is 3.02. The third-order valence-corrected chi connectivity index (χ3v) is 4.66. The van der Waals surface area contributed by atoms with Gasteiger partial charge >= 0.3 is 5.97 Å². The fraction of sp³-hybridized carbons (Fsp3) is 0.909. The van der Waals surface area contributed by atoms with Gasteiger partial charge in [0.05, 0.1) is 7.11 Å². The Balaban J connectivity index is 2.42. The van der Waals surface area contributed by atoms with Crippen LogP contribution in [0.2, 0.25) is 0 Å². The molecule has 100 valence electrons. The van der Waals surface area contributed by atoms with Crippen LogP contribution in [-0.2, 0) is 20.3 Å². The molecule has 1 unspecified atom stereocenters. The van der Waals surface area contributed by atoms with E-state index in [4.69, 9.17) is 4.74 Å². The quantitative estimate of drug-likeness (QED) is 0.683. The van der Waals surface area contributed by atoms with Crippen LogP contribution in [0.1, 0.15) is 13.3 Å². The highest BCUT2D eigenvalue weighted by molar-refractivity contribution is 7.85. The third kappa shape index (κ3) is 4.04. The number of hydrogen-bond acceptors (Lipinski definition) is 5. The molecule has 1 heterocycles. The lowest BCUT2D eigenvalue weighted by atomic mass is 9.98. The highest BCUT2D eigenvalue weighted by Gasteiger charge is 2.33. The first-order valence-corrected chi connectivity index (χ1v) is 7.35. The molecule has 1 aliphatic heterocycles. The van der Waals surface area contributed by atoms with Gasteiger partial charge in [-0.2, -0.15) is 0 Å². The Morgan fingerprint density at radius 2 is 2.06 bits per heavy atom. The fourth-order valence-corrected chi connectivity index (χ4v) is 2.96. The molecule has 5 nitrogen and oxygen atoms in total. The van der Waals surface area contributed by atoms with Crippen LogP contribution in [0, 0.1) is 0 Å². The Bertz CT molecular complexity index is 288. The molecule has 0 aromatic heterocycles. The maximum atomic E-state index is 11.6. The second-order valence-electron chi connectivity index (χ2n) is 4.51. The zero-order valence-electron chi connectivity index (χ0n) is 10.8. The van der Waals surface area contributed by atoms with Crippen molar-refractivity contribution in [3.05, 3.63) is 0 Å². The van der Waals surface area contributed by atoms with Gasteiger partial charge in [0, 0.05) is 41.9 Å². The molecule has 1 rings (SSSR count). The molecule has 1 N–H and O–H groups in total. The molecule has 0 spiro atoms. The van der Waals surface area contributed by atoms with Crippen LogP contribution >= 0.6 is 0 Å². The lowest BCUT2D eigenvalue weighted by Crippen LogP contribution is -2.51. The summed E-state index contributed by atoms with van der Waals surface area (Å²) in [6, 6.07) is 0. The zero-order chi connectivity index (χ0) is 12.9. The van der Waals surface area contributed by atoms with E-state index in [0.717, 1.165) is 31.1 Å². The van der Waals surface area contributed by atoms with Gasteiger partial charge in [-0.05, 0) is 20.4 Å². The largest absolute Gasteiger partial charge is 0.468 e. The minimum Gasteiger partial charge on any atom is -0.468 e. The summed E-state index contributed by atoms with van der Waals surface area (Å²) < 4.78 is 16.0. The summed E-state index contributed by atoms with van der Waals surface area (Å²) in [5.41, 5.74) is -0.634. The van der Waals surface area contributed by atoms with E-state index in [2.05, 4.69) is 10.2 Å². The average molecular weight is 262 g/mol. The van der Waals surface area contributed by atoms with Crippen molar-refractivity contribution in [3.8, 4) is 0 Å². The molecule has 1 atom stereocenters. The van der Waals surface area contributed by atoms with Gasteiger partial charge in [-0.1, -0.05) is 0 Å². The van der Waals surface area contributed by atoms with E-state index >= 15 is 0 Å². The lowest BCUT2D eigenvalue weighted by molar-refractivity contribution is -0.148. The van der Waals surface area contributed by atoms with Crippen LogP contribution in [0.25, 0.3) is 0 Å². The number of rotatable bonds is 5. The normalized spacial score (nSPS) is 22.1. The molecule has 1 aliphatic rings. The van der Waals surface area contributed by atoms with Crippen molar-refractivity contribution < 1.29 is 13.7 Å². The Morgan fingerprint density at radius 3 is 2.53 bits per heavy atom. The van der Waals surface area contributed by atoms with Gasteiger partial charge in [0.2, 0.25) is 0 Å². The van der Waals surface area contributed by atoms with Crippen LogP contribution in [0.3, 0.4) is 0 Å². The van der Waals surface area contributed by atoms with Crippen molar-refractivity contribution in [3.63, 3.8) is 0 Å². The molecule has 0 saturated carbocycles. The first-order valence-electron chi connectivity index (χ1n) is 5.86. The summed E-state index contributed by atoms with van der Waals surface area (Å²) in [7, 11) is 2.52. The number of esters is 1. The predicted octanol–water partition coefficient (Wildman–Crippen LogP) is -0.408. The van der Waals surface area contributed by atoms with Gasteiger partial charge in [0.1, 0.15) is 5.54 Å². The first-order chi connectivity index (χ1) is 8.01. The summed E-state index contributed by atoms with van der Waals surface area (Å²) in [6.07, 6.45) is 0.697. The van der Waals surface area contributed by atoms with E-state index in [1.54, 1.807) is 7.05 Å². The van der Waals surface area contributed by atoms with Crippen molar-refractivity contribution >= 4 is 16.8 Å². The van der Waals surface area contributed by atoms with Crippen molar-refractivity contribution in [2.45, 2.75) is 18.9 Å². The van der Waals surface area contributed by atoms with Crippen molar-refractivity contribution in [2.75, 3.05) is 45.3 Å². The molecule has 0 aliphatic carbocycles. The van der Waals surface area contributed by atoms with Gasteiger partial charge in [0.15, 0.2) is 0 Å². The van der Waals surface area contributed by atoms with E-state index < -0.39 is 16.3 Å². The maximum Gasteiger partial charge on any atom is 0.325 e.